The number of hydrogen-bond donors (Lipinski definition) is 2. The molecule has 0 radical (unpaired) electrons. The van der Waals surface area contributed by atoms with Gasteiger partial charge in [0.2, 0.25) is 0 Å². The third-order valence-corrected chi connectivity index (χ3v) is 5.08. The molecule has 7 nitrogen and oxygen atoms in total. The number of ether oxygens (including phenoxy) is 2. The van der Waals surface area contributed by atoms with E-state index in [4.69, 9.17) is 9.47 Å². The topological polar surface area (TPSA) is 79.9 Å². The average Bonchev–Trinajstić information content (AvgIpc) is 2.77. The number of nitrogens with one attached hydrogen (secondary N) is 2. The van der Waals surface area contributed by atoms with Gasteiger partial charge in [0.25, 0.3) is 0 Å². The Morgan fingerprint density at radius 3 is 2.47 bits per heavy atom. The maximum atomic E-state index is 13.7. The second-order valence-electron chi connectivity index (χ2n) is 7.07. The summed E-state index contributed by atoms with van der Waals surface area (Å²) in [6, 6.07) is 11.8. The van der Waals surface area contributed by atoms with Gasteiger partial charge in [0.15, 0.2) is 0 Å². The normalized spacial score (nSPS) is 15.3. The molecule has 160 valence electrons. The molecule has 0 aliphatic carbocycles. The third kappa shape index (κ3) is 5.55. The highest BCUT2D eigenvalue weighted by Crippen LogP contribution is 2.23. The Hall–Kier alpha value is -2.97. The molecule has 1 aliphatic heterocycles. The van der Waals surface area contributed by atoms with Crippen molar-refractivity contribution in [2.24, 2.45) is 0 Å². The van der Waals surface area contributed by atoms with Crippen LogP contribution in [0.2, 0.25) is 0 Å². The summed E-state index contributed by atoms with van der Waals surface area (Å²) in [4.78, 5) is 26.8. The van der Waals surface area contributed by atoms with E-state index in [-0.39, 0.29) is 18.3 Å². The summed E-state index contributed by atoms with van der Waals surface area (Å²) in [6.45, 7) is 4.54. The number of anilines is 1. The molecule has 1 saturated heterocycles. The van der Waals surface area contributed by atoms with Crippen molar-refractivity contribution in [1.29, 1.82) is 0 Å². The molecule has 1 atom stereocenters. The molecule has 0 spiro atoms. The van der Waals surface area contributed by atoms with Crippen LogP contribution in [0.3, 0.4) is 0 Å². The Morgan fingerprint density at radius 2 is 1.83 bits per heavy atom. The van der Waals surface area contributed by atoms with Gasteiger partial charge in [-0.3, -0.25) is 14.5 Å². The van der Waals surface area contributed by atoms with Gasteiger partial charge < -0.3 is 20.1 Å². The van der Waals surface area contributed by atoms with E-state index in [1.54, 1.807) is 26.2 Å². The first-order chi connectivity index (χ1) is 14.5. The summed E-state index contributed by atoms with van der Waals surface area (Å²) in [7, 11) is 1.60. The lowest BCUT2D eigenvalue weighted by Gasteiger charge is -2.34. The zero-order chi connectivity index (χ0) is 21.5. The highest BCUT2D eigenvalue weighted by atomic mass is 19.1. The van der Waals surface area contributed by atoms with Crippen LogP contribution in [0, 0.1) is 12.7 Å². The molecule has 2 aromatic rings. The number of morpholine rings is 1. The summed E-state index contributed by atoms with van der Waals surface area (Å²) in [5.74, 6) is -1.32. The first-order valence-electron chi connectivity index (χ1n) is 9.79. The SMILES string of the molecule is COc1ccc([C@@H](CNC(=O)C(=O)Nc2ccc(C)c(F)c2)N2CCOCC2)cc1. The fourth-order valence-corrected chi connectivity index (χ4v) is 3.30. The van der Waals surface area contributed by atoms with Crippen molar-refractivity contribution < 1.29 is 23.5 Å². The summed E-state index contributed by atoms with van der Waals surface area (Å²) in [5, 5.41) is 5.12. The highest BCUT2D eigenvalue weighted by Gasteiger charge is 2.24. The van der Waals surface area contributed by atoms with E-state index in [1.807, 2.05) is 24.3 Å². The molecule has 1 aliphatic rings. The average molecular weight is 415 g/mol. The van der Waals surface area contributed by atoms with Gasteiger partial charge in [0.1, 0.15) is 11.6 Å². The van der Waals surface area contributed by atoms with Gasteiger partial charge in [0, 0.05) is 25.3 Å². The molecular formula is C22H26FN3O4. The van der Waals surface area contributed by atoms with Crippen molar-refractivity contribution in [1.82, 2.24) is 10.2 Å². The molecule has 3 rings (SSSR count). The van der Waals surface area contributed by atoms with E-state index in [9.17, 15) is 14.0 Å². The Morgan fingerprint density at radius 1 is 1.13 bits per heavy atom. The molecule has 30 heavy (non-hydrogen) atoms. The fourth-order valence-electron chi connectivity index (χ4n) is 3.30. The first-order valence-corrected chi connectivity index (χ1v) is 9.79. The van der Waals surface area contributed by atoms with Gasteiger partial charge in [0.05, 0.1) is 26.4 Å². The minimum absolute atomic E-state index is 0.117. The van der Waals surface area contributed by atoms with Gasteiger partial charge >= 0.3 is 11.8 Å². The van der Waals surface area contributed by atoms with E-state index in [0.717, 1.165) is 24.4 Å². The second-order valence-corrected chi connectivity index (χ2v) is 7.07. The molecule has 2 N–H and O–H groups in total. The Labute approximate surface area is 175 Å². The van der Waals surface area contributed by atoms with Crippen LogP contribution in [0.1, 0.15) is 17.2 Å². The first kappa shape index (κ1) is 21.7. The largest absolute Gasteiger partial charge is 0.497 e. The van der Waals surface area contributed by atoms with Gasteiger partial charge in [-0.15, -0.1) is 0 Å². The molecule has 0 bridgehead atoms. The summed E-state index contributed by atoms with van der Waals surface area (Å²) < 4.78 is 24.3. The van der Waals surface area contributed by atoms with Crippen molar-refractivity contribution in [3.05, 3.63) is 59.4 Å². The maximum absolute atomic E-state index is 13.7. The summed E-state index contributed by atoms with van der Waals surface area (Å²) >= 11 is 0. The Kier molecular flexibility index (Phi) is 7.37. The van der Waals surface area contributed by atoms with Crippen LogP contribution in [0.5, 0.6) is 5.75 Å². The van der Waals surface area contributed by atoms with Gasteiger partial charge in [-0.05, 0) is 42.3 Å². The predicted octanol–water partition coefficient (Wildman–Crippen LogP) is 2.27. The predicted molar refractivity (Wildman–Crippen MR) is 111 cm³/mol. The minimum Gasteiger partial charge on any atom is -0.497 e. The van der Waals surface area contributed by atoms with Crippen LogP contribution in [-0.2, 0) is 14.3 Å². The van der Waals surface area contributed by atoms with Crippen molar-refractivity contribution in [3.8, 4) is 5.75 Å². The molecule has 2 aromatic carbocycles. The van der Waals surface area contributed by atoms with Gasteiger partial charge in [-0.2, -0.15) is 0 Å². The van der Waals surface area contributed by atoms with Crippen LogP contribution >= 0.6 is 0 Å². The van der Waals surface area contributed by atoms with Crippen LogP contribution in [0.4, 0.5) is 10.1 Å². The molecular weight excluding hydrogens is 389 g/mol. The molecule has 1 heterocycles. The van der Waals surface area contributed by atoms with Gasteiger partial charge in [-0.1, -0.05) is 18.2 Å². The molecule has 2 amide bonds. The molecule has 0 saturated carbocycles. The Balaban J connectivity index is 1.65. The van der Waals surface area contributed by atoms with Crippen molar-refractivity contribution in [2.75, 3.05) is 45.3 Å². The van der Waals surface area contributed by atoms with Crippen LogP contribution in [-0.4, -0.2) is 56.7 Å². The molecule has 1 fully saturated rings. The van der Waals surface area contributed by atoms with E-state index >= 15 is 0 Å². The molecule has 0 unspecified atom stereocenters. The maximum Gasteiger partial charge on any atom is 0.313 e. The second kappa shape index (κ2) is 10.2. The van der Waals surface area contributed by atoms with E-state index in [1.165, 1.54) is 6.07 Å². The number of carbonyl (C=O) groups is 2. The third-order valence-electron chi connectivity index (χ3n) is 5.08. The zero-order valence-electron chi connectivity index (χ0n) is 17.1. The quantitative estimate of drug-likeness (QED) is 0.708. The van der Waals surface area contributed by atoms with Crippen molar-refractivity contribution in [2.45, 2.75) is 13.0 Å². The summed E-state index contributed by atoms with van der Waals surface area (Å²) in [6.07, 6.45) is 0. The fraction of sp³-hybridized carbons (Fsp3) is 0.364. The lowest BCUT2D eigenvalue weighted by atomic mass is 10.0. The number of amides is 2. The monoisotopic (exact) mass is 415 g/mol. The number of carbonyl (C=O) groups excluding carboxylic acids is 2. The lowest BCUT2D eigenvalue weighted by Crippen LogP contribution is -2.45. The number of halogens is 1. The number of methoxy groups -OCH3 is 1. The lowest BCUT2D eigenvalue weighted by molar-refractivity contribution is -0.136. The number of nitrogens with zero attached hydrogens (tertiary/aromatic N) is 1. The standard InChI is InChI=1S/C22H26FN3O4/c1-15-3-6-17(13-19(15)23)25-22(28)21(27)24-14-20(26-9-11-30-12-10-26)16-4-7-18(29-2)8-5-16/h3-8,13,20H,9-12,14H2,1-2H3,(H,24,27)(H,25,28)/t20-/m1/s1. The number of benzene rings is 2. The van der Waals surface area contributed by atoms with Crippen molar-refractivity contribution in [3.63, 3.8) is 0 Å². The Bertz CT molecular complexity index is 882. The highest BCUT2D eigenvalue weighted by molar-refractivity contribution is 6.39. The molecule has 8 heteroatoms. The number of hydrogen-bond acceptors (Lipinski definition) is 5. The van der Waals surface area contributed by atoms with Crippen LogP contribution in [0.15, 0.2) is 42.5 Å². The van der Waals surface area contributed by atoms with Crippen LogP contribution in [0.25, 0.3) is 0 Å². The van der Waals surface area contributed by atoms with E-state index in [2.05, 4.69) is 15.5 Å². The minimum atomic E-state index is -0.839. The number of aryl methyl sites for hydroxylation is 1. The zero-order valence-corrected chi connectivity index (χ0v) is 17.1. The van der Waals surface area contributed by atoms with E-state index < -0.39 is 17.6 Å². The molecule has 0 aromatic heterocycles. The van der Waals surface area contributed by atoms with Crippen molar-refractivity contribution >= 4 is 17.5 Å². The van der Waals surface area contributed by atoms with E-state index in [0.29, 0.717) is 18.8 Å². The van der Waals surface area contributed by atoms with Crippen LogP contribution < -0.4 is 15.4 Å². The van der Waals surface area contributed by atoms with Gasteiger partial charge in [-0.25, -0.2) is 4.39 Å². The summed E-state index contributed by atoms with van der Waals surface area (Å²) in [5.41, 5.74) is 1.70. The number of rotatable bonds is 6. The smallest absolute Gasteiger partial charge is 0.313 e.